The van der Waals surface area contributed by atoms with Crippen LogP contribution in [0.2, 0.25) is 5.02 Å². The second-order valence-electron chi connectivity index (χ2n) is 6.07. The standard InChI is InChI=1S/C17H18Cl2FNO2S/c18-14-5-2-1-4-13(14)12-8-10-21(11-9-12)24(22,23)16-7-3-6-15(19)17(16)20/h1,3-7,12-13H,2,8-11H2. The highest BCUT2D eigenvalue weighted by atomic mass is 35.5. The zero-order valence-electron chi connectivity index (χ0n) is 13.0. The van der Waals surface area contributed by atoms with Crippen molar-refractivity contribution in [2.45, 2.75) is 24.2 Å². The van der Waals surface area contributed by atoms with Gasteiger partial charge in [0, 0.05) is 24.0 Å². The molecule has 3 nitrogen and oxygen atoms in total. The minimum atomic E-state index is -3.87. The number of benzene rings is 1. The van der Waals surface area contributed by atoms with Gasteiger partial charge in [0.1, 0.15) is 4.90 Å². The van der Waals surface area contributed by atoms with Gasteiger partial charge in [-0.1, -0.05) is 47.5 Å². The Labute approximate surface area is 151 Å². The molecule has 1 fully saturated rings. The molecule has 0 spiro atoms. The molecule has 1 aliphatic carbocycles. The average Bonchev–Trinajstić information content (AvgIpc) is 2.58. The summed E-state index contributed by atoms with van der Waals surface area (Å²) in [5.41, 5.74) is 0. The Morgan fingerprint density at radius 3 is 2.54 bits per heavy atom. The minimum absolute atomic E-state index is 0.160. The van der Waals surface area contributed by atoms with Crippen LogP contribution in [0.5, 0.6) is 0 Å². The molecule has 0 aromatic heterocycles. The quantitative estimate of drug-likeness (QED) is 0.709. The number of halogens is 3. The summed E-state index contributed by atoms with van der Waals surface area (Å²) >= 11 is 12.0. The maximum absolute atomic E-state index is 14.1. The number of allylic oxidation sites excluding steroid dienone is 4. The molecule has 0 radical (unpaired) electrons. The van der Waals surface area contributed by atoms with Gasteiger partial charge in [0.2, 0.25) is 10.0 Å². The summed E-state index contributed by atoms with van der Waals surface area (Å²) in [6, 6.07) is 4.04. The topological polar surface area (TPSA) is 37.4 Å². The Hall–Kier alpha value is -0.880. The van der Waals surface area contributed by atoms with E-state index in [4.69, 9.17) is 23.2 Å². The van der Waals surface area contributed by atoms with Crippen LogP contribution in [0, 0.1) is 17.7 Å². The van der Waals surface area contributed by atoms with Crippen LogP contribution in [0.25, 0.3) is 0 Å². The van der Waals surface area contributed by atoms with E-state index in [0.717, 1.165) is 11.5 Å². The van der Waals surface area contributed by atoms with E-state index in [2.05, 4.69) is 12.2 Å². The monoisotopic (exact) mass is 389 g/mol. The molecule has 1 heterocycles. The highest BCUT2D eigenvalue weighted by Crippen LogP contribution is 2.36. The number of hydrogen-bond donors (Lipinski definition) is 0. The third-order valence-corrected chi connectivity index (χ3v) is 7.27. The van der Waals surface area contributed by atoms with Crippen LogP contribution in [0.1, 0.15) is 19.3 Å². The fraction of sp³-hybridized carbons (Fsp3) is 0.412. The van der Waals surface area contributed by atoms with Crippen molar-refractivity contribution in [1.29, 1.82) is 0 Å². The van der Waals surface area contributed by atoms with Crippen molar-refractivity contribution in [1.82, 2.24) is 4.31 Å². The second-order valence-corrected chi connectivity index (χ2v) is 8.82. The Morgan fingerprint density at radius 2 is 1.88 bits per heavy atom. The molecule has 1 aromatic rings. The molecule has 1 aromatic carbocycles. The van der Waals surface area contributed by atoms with Gasteiger partial charge < -0.3 is 0 Å². The minimum Gasteiger partial charge on any atom is -0.207 e. The molecule has 1 aliphatic heterocycles. The highest BCUT2D eigenvalue weighted by Gasteiger charge is 2.34. The van der Waals surface area contributed by atoms with Crippen molar-refractivity contribution in [3.05, 3.63) is 52.3 Å². The normalized spacial score (nSPS) is 23.3. The van der Waals surface area contributed by atoms with Crippen LogP contribution in [0.15, 0.2) is 46.4 Å². The third kappa shape index (κ3) is 3.40. The lowest BCUT2D eigenvalue weighted by molar-refractivity contribution is 0.247. The predicted molar refractivity (Wildman–Crippen MR) is 94.1 cm³/mol. The molecular formula is C17H18Cl2FNO2S. The molecule has 24 heavy (non-hydrogen) atoms. The fourth-order valence-electron chi connectivity index (χ4n) is 3.31. The molecule has 130 valence electrons. The summed E-state index contributed by atoms with van der Waals surface area (Å²) < 4.78 is 40.8. The van der Waals surface area contributed by atoms with Crippen LogP contribution in [-0.4, -0.2) is 25.8 Å². The van der Waals surface area contributed by atoms with E-state index in [9.17, 15) is 12.8 Å². The summed E-state index contributed by atoms with van der Waals surface area (Å²) in [6.07, 6.45) is 8.42. The summed E-state index contributed by atoms with van der Waals surface area (Å²) in [4.78, 5) is -0.357. The Bertz CT molecular complexity index is 784. The first-order valence-corrected chi connectivity index (χ1v) is 10.1. The number of piperidine rings is 1. The Kier molecular flexibility index (Phi) is 5.35. The van der Waals surface area contributed by atoms with Gasteiger partial charge in [0.05, 0.1) is 5.02 Å². The first kappa shape index (κ1) is 17.9. The van der Waals surface area contributed by atoms with E-state index in [-0.39, 0.29) is 15.8 Å². The smallest absolute Gasteiger partial charge is 0.207 e. The summed E-state index contributed by atoms with van der Waals surface area (Å²) in [7, 11) is -3.87. The number of rotatable bonds is 3. The summed E-state index contributed by atoms with van der Waals surface area (Å²) in [5.74, 6) is -0.420. The zero-order valence-corrected chi connectivity index (χ0v) is 15.3. The molecular weight excluding hydrogens is 372 g/mol. The predicted octanol–water partition coefficient (Wildman–Crippen LogP) is 4.58. The molecule has 1 atom stereocenters. The van der Waals surface area contributed by atoms with Gasteiger partial charge in [-0.05, 0) is 37.3 Å². The van der Waals surface area contributed by atoms with E-state index < -0.39 is 15.8 Å². The number of nitrogens with zero attached hydrogens (tertiary/aromatic N) is 1. The van der Waals surface area contributed by atoms with Gasteiger partial charge in [0.25, 0.3) is 0 Å². The van der Waals surface area contributed by atoms with Gasteiger partial charge in [-0.15, -0.1) is 0 Å². The van der Waals surface area contributed by atoms with Crippen molar-refractivity contribution in [2.75, 3.05) is 13.1 Å². The second kappa shape index (κ2) is 7.16. The van der Waals surface area contributed by atoms with Gasteiger partial charge in [0.15, 0.2) is 5.82 Å². The molecule has 7 heteroatoms. The SMILES string of the molecule is O=S(=O)(c1cccc(Cl)c1F)N1CCC(C2C=CCC=C2Cl)CC1. The largest absolute Gasteiger partial charge is 0.246 e. The molecule has 1 saturated heterocycles. The Morgan fingerprint density at radius 1 is 1.17 bits per heavy atom. The zero-order chi connectivity index (χ0) is 17.3. The van der Waals surface area contributed by atoms with Gasteiger partial charge >= 0.3 is 0 Å². The molecule has 0 N–H and O–H groups in total. The lowest BCUT2D eigenvalue weighted by Gasteiger charge is -2.35. The summed E-state index contributed by atoms with van der Waals surface area (Å²) in [6.45, 7) is 0.709. The molecule has 2 aliphatic rings. The van der Waals surface area contributed by atoms with Crippen LogP contribution in [0.3, 0.4) is 0 Å². The first-order chi connectivity index (χ1) is 11.4. The van der Waals surface area contributed by atoms with Crippen molar-refractivity contribution >= 4 is 33.2 Å². The maximum Gasteiger partial charge on any atom is 0.246 e. The fourth-order valence-corrected chi connectivity index (χ4v) is 5.44. The molecule has 1 unspecified atom stereocenters. The van der Waals surface area contributed by atoms with Gasteiger partial charge in [-0.2, -0.15) is 4.31 Å². The van der Waals surface area contributed by atoms with Crippen LogP contribution < -0.4 is 0 Å². The number of hydrogen-bond acceptors (Lipinski definition) is 2. The average molecular weight is 390 g/mol. The van der Waals surface area contributed by atoms with Crippen molar-refractivity contribution < 1.29 is 12.8 Å². The van der Waals surface area contributed by atoms with Crippen LogP contribution in [-0.2, 0) is 10.0 Å². The lowest BCUT2D eigenvalue weighted by Crippen LogP contribution is -2.40. The molecule has 3 rings (SSSR count). The van der Waals surface area contributed by atoms with Gasteiger partial charge in [-0.3, -0.25) is 0 Å². The van der Waals surface area contributed by atoms with Crippen molar-refractivity contribution in [2.24, 2.45) is 11.8 Å². The molecule has 0 amide bonds. The van der Waals surface area contributed by atoms with Gasteiger partial charge in [-0.25, -0.2) is 12.8 Å². The van der Waals surface area contributed by atoms with E-state index >= 15 is 0 Å². The van der Waals surface area contributed by atoms with Crippen molar-refractivity contribution in [3.8, 4) is 0 Å². The third-order valence-electron chi connectivity index (χ3n) is 4.65. The van der Waals surface area contributed by atoms with E-state index in [1.807, 2.05) is 6.08 Å². The number of sulfonamides is 1. The summed E-state index contributed by atoms with van der Waals surface area (Å²) in [5, 5.41) is 0.648. The highest BCUT2D eigenvalue weighted by molar-refractivity contribution is 7.89. The van der Waals surface area contributed by atoms with Crippen LogP contribution >= 0.6 is 23.2 Å². The van der Waals surface area contributed by atoms with E-state index in [1.54, 1.807) is 0 Å². The molecule has 0 bridgehead atoms. The Balaban J connectivity index is 1.74. The first-order valence-electron chi connectivity index (χ1n) is 7.87. The van der Waals surface area contributed by atoms with Crippen LogP contribution in [0.4, 0.5) is 4.39 Å². The van der Waals surface area contributed by atoms with E-state index in [1.165, 1.54) is 22.5 Å². The molecule has 0 saturated carbocycles. The van der Waals surface area contributed by atoms with E-state index in [0.29, 0.717) is 31.8 Å². The van der Waals surface area contributed by atoms with Crippen molar-refractivity contribution in [3.63, 3.8) is 0 Å². The maximum atomic E-state index is 14.1. The lowest BCUT2D eigenvalue weighted by atomic mass is 9.82.